The van der Waals surface area contributed by atoms with Crippen LogP contribution in [0.15, 0.2) is 6.07 Å². The number of aryl methyl sites for hydroxylation is 1. The maximum absolute atomic E-state index is 6.46. The summed E-state index contributed by atoms with van der Waals surface area (Å²) in [5.41, 5.74) is 4.51. The number of hydrogen-bond acceptors (Lipinski definition) is 2. The summed E-state index contributed by atoms with van der Waals surface area (Å²) < 4.78 is 1.83. The molecule has 0 atom stereocenters. The molecule has 0 spiro atoms. The molecule has 0 radical (unpaired) electrons. The fraction of sp³-hybridized carbons (Fsp3) is 0.538. The molecule has 4 rings (SSSR count). The molecule has 0 aromatic carbocycles. The van der Waals surface area contributed by atoms with Crippen molar-refractivity contribution in [2.75, 3.05) is 0 Å². The van der Waals surface area contributed by atoms with E-state index in [1.807, 2.05) is 4.52 Å². The molecular weight excluding hydrogens is 234 g/mol. The Morgan fingerprint density at radius 3 is 2.88 bits per heavy atom. The second kappa shape index (κ2) is 3.45. The lowest BCUT2D eigenvalue weighted by molar-refractivity contribution is 0.659. The van der Waals surface area contributed by atoms with Crippen LogP contribution in [0.25, 0.3) is 5.65 Å². The van der Waals surface area contributed by atoms with E-state index >= 15 is 0 Å². The summed E-state index contributed by atoms with van der Waals surface area (Å²) in [6, 6.07) is 2.11. The topological polar surface area (TPSA) is 30.2 Å². The zero-order chi connectivity index (χ0) is 11.4. The fourth-order valence-corrected chi connectivity index (χ4v) is 3.02. The van der Waals surface area contributed by atoms with Gasteiger partial charge in [0.05, 0.1) is 5.69 Å². The minimum absolute atomic E-state index is 0.657. The van der Waals surface area contributed by atoms with Gasteiger partial charge in [-0.3, -0.25) is 0 Å². The SMILES string of the molecule is Clc1c2c(nc3cc(C4CC4)nn13)CCCC2. The van der Waals surface area contributed by atoms with Crippen molar-refractivity contribution in [3.63, 3.8) is 0 Å². The van der Waals surface area contributed by atoms with Crippen LogP contribution in [0.4, 0.5) is 0 Å². The van der Waals surface area contributed by atoms with Crippen molar-refractivity contribution in [1.29, 1.82) is 0 Å². The summed E-state index contributed by atoms with van der Waals surface area (Å²) in [7, 11) is 0. The molecule has 2 aliphatic rings. The smallest absolute Gasteiger partial charge is 0.157 e. The van der Waals surface area contributed by atoms with Crippen molar-refractivity contribution in [3.05, 3.63) is 28.2 Å². The highest BCUT2D eigenvalue weighted by Crippen LogP contribution is 2.40. The molecule has 1 saturated carbocycles. The third-order valence-electron chi connectivity index (χ3n) is 3.83. The molecule has 1 fully saturated rings. The number of aromatic nitrogens is 3. The third-order valence-corrected chi connectivity index (χ3v) is 4.22. The zero-order valence-corrected chi connectivity index (χ0v) is 10.4. The molecule has 0 N–H and O–H groups in total. The number of hydrogen-bond donors (Lipinski definition) is 0. The van der Waals surface area contributed by atoms with Crippen LogP contribution in [0.1, 0.15) is 48.6 Å². The molecule has 2 aromatic heterocycles. The largest absolute Gasteiger partial charge is 0.233 e. The summed E-state index contributed by atoms with van der Waals surface area (Å²) in [5.74, 6) is 0.657. The van der Waals surface area contributed by atoms with E-state index in [0.29, 0.717) is 5.92 Å². The summed E-state index contributed by atoms with van der Waals surface area (Å²) in [6.45, 7) is 0. The van der Waals surface area contributed by atoms with Crippen LogP contribution in [-0.4, -0.2) is 14.6 Å². The standard InChI is InChI=1S/C13H14ClN3/c14-13-9-3-1-2-4-10(9)15-12-7-11(8-5-6-8)16-17(12)13/h7-8H,1-6H2. The van der Waals surface area contributed by atoms with Gasteiger partial charge in [0.15, 0.2) is 5.65 Å². The van der Waals surface area contributed by atoms with Gasteiger partial charge in [0.2, 0.25) is 0 Å². The summed E-state index contributed by atoms with van der Waals surface area (Å²) >= 11 is 6.46. The van der Waals surface area contributed by atoms with Crippen molar-refractivity contribution < 1.29 is 0 Å². The maximum atomic E-state index is 6.46. The van der Waals surface area contributed by atoms with E-state index in [0.717, 1.165) is 23.6 Å². The van der Waals surface area contributed by atoms with Crippen molar-refractivity contribution >= 4 is 17.2 Å². The predicted octanol–water partition coefficient (Wildman–Crippen LogP) is 3.14. The monoisotopic (exact) mass is 247 g/mol. The molecule has 0 unspecified atom stereocenters. The highest BCUT2D eigenvalue weighted by Gasteiger charge is 2.27. The Morgan fingerprint density at radius 1 is 1.24 bits per heavy atom. The average Bonchev–Trinajstić information content (AvgIpc) is 3.11. The molecular formula is C13H14ClN3. The lowest BCUT2D eigenvalue weighted by atomic mass is 9.97. The molecule has 0 aliphatic heterocycles. The molecule has 2 aliphatic carbocycles. The molecule has 0 saturated heterocycles. The first-order chi connectivity index (χ1) is 8.33. The van der Waals surface area contributed by atoms with E-state index in [1.165, 1.54) is 42.6 Å². The van der Waals surface area contributed by atoms with Crippen molar-refractivity contribution in [1.82, 2.24) is 14.6 Å². The molecule has 3 nitrogen and oxygen atoms in total. The van der Waals surface area contributed by atoms with Crippen LogP contribution in [0, 0.1) is 0 Å². The quantitative estimate of drug-likeness (QED) is 0.725. The van der Waals surface area contributed by atoms with Crippen molar-refractivity contribution in [2.24, 2.45) is 0 Å². The first-order valence-electron chi connectivity index (χ1n) is 6.40. The lowest BCUT2D eigenvalue weighted by Gasteiger charge is -2.16. The van der Waals surface area contributed by atoms with Gasteiger partial charge < -0.3 is 0 Å². The van der Waals surface area contributed by atoms with Crippen LogP contribution < -0.4 is 0 Å². The first-order valence-corrected chi connectivity index (χ1v) is 6.77. The van der Waals surface area contributed by atoms with E-state index < -0.39 is 0 Å². The number of halogens is 1. The highest BCUT2D eigenvalue weighted by atomic mass is 35.5. The zero-order valence-electron chi connectivity index (χ0n) is 9.62. The van der Waals surface area contributed by atoms with Gasteiger partial charge in [0, 0.05) is 23.2 Å². The molecule has 2 heterocycles. The van der Waals surface area contributed by atoms with Gasteiger partial charge in [-0.05, 0) is 38.5 Å². The highest BCUT2D eigenvalue weighted by molar-refractivity contribution is 6.30. The van der Waals surface area contributed by atoms with Gasteiger partial charge in [-0.1, -0.05) is 11.6 Å². The van der Waals surface area contributed by atoms with Crippen LogP contribution in [0.2, 0.25) is 5.15 Å². The molecule has 0 amide bonds. The van der Waals surface area contributed by atoms with Gasteiger partial charge in [-0.15, -0.1) is 0 Å². The minimum Gasteiger partial charge on any atom is -0.233 e. The average molecular weight is 248 g/mol. The normalized spacial score (nSPS) is 19.6. The Kier molecular flexibility index (Phi) is 2.01. The molecule has 88 valence electrons. The Labute approximate surface area is 105 Å². The molecule has 2 aromatic rings. The van der Waals surface area contributed by atoms with Crippen LogP contribution in [0.3, 0.4) is 0 Å². The number of nitrogens with zero attached hydrogens (tertiary/aromatic N) is 3. The predicted molar refractivity (Wildman–Crippen MR) is 66.6 cm³/mol. The van der Waals surface area contributed by atoms with Crippen molar-refractivity contribution in [3.8, 4) is 0 Å². The lowest BCUT2D eigenvalue weighted by Crippen LogP contribution is -2.09. The number of fused-ring (bicyclic) bond motifs is 2. The molecule has 17 heavy (non-hydrogen) atoms. The van der Waals surface area contributed by atoms with Gasteiger partial charge >= 0.3 is 0 Å². The molecule has 0 bridgehead atoms. The van der Waals surface area contributed by atoms with E-state index in [4.69, 9.17) is 16.6 Å². The molecule has 4 heteroatoms. The van der Waals surface area contributed by atoms with E-state index in [1.54, 1.807) is 0 Å². The van der Waals surface area contributed by atoms with Crippen LogP contribution in [0.5, 0.6) is 0 Å². The summed E-state index contributed by atoms with van der Waals surface area (Å²) in [4.78, 5) is 4.72. The van der Waals surface area contributed by atoms with Crippen molar-refractivity contribution in [2.45, 2.75) is 44.4 Å². The van der Waals surface area contributed by atoms with E-state index in [2.05, 4.69) is 11.2 Å². The number of rotatable bonds is 1. The second-order valence-corrected chi connectivity index (χ2v) is 5.51. The summed E-state index contributed by atoms with van der Waals surface area (Å²) in [6.07, 6.45) is 7.10. The van der Waals surface area contributed by atoms with E-state index in [9.17, 15) is 0 Å². The van der Waals surface area contributed by atoms with Gasteiger partial charge in [-0.25, -0.2) is 9.50 Å². The summed E-state index contributed by atoms with van der Waals surface area (Å²) in [5, 5.41) is 5.39. The van der Waals surface area contributed by atoms with Crippen LogP contribution in [-0.2, 0) is 12.8 Å². The first kappa shape index (κ1) is 9.89. The van der Waals surface area contributed by atoms with Gasteiger partial charge in [0.25, 0.3) is 0 Å². The Balaban J connectivity index is 1.96. The van der Waals surface area contributed by atoms with E-state index in [-0.39, 0.29) is 0 Å². The fourth-order valence-electron chi connectivity index (χ4n) is 2.69. The third kappa shape index (κ3) is 1.48. The maximum Gasteiger partial charge on any atom is 0.157 e. The Hall–Kier alpha value is -1.09. The van der Waals surface area contributed by atoms with Gasteiger partial charge in [-0.2, -0.15) is 5.10 Å². The van der Waals surface area contributed by atoms with Gasteiger partial charge in [0.1, 0.15) is 5.15 Å². The Morgan fingerprint density at radius 2 is 2.06 bits per heavy atom. The Bertz CT molecular complexity index is 598. The second-order valence-electron chi connectivity index (χ2n) is 5.15. The van der Waals surface area contributed by atoms with Crippen LogP contribution >= 0.6 is 11.6 Å². The minimum atomic E-state index is 0.657.